The van der Waals surface area contributed by atoms with E-state index in [1.807, 2.05) is 12.3 Å². The lowest BCUT2D eigenvalue weighted by Gasteiger charge is -1.69. The van der Waals surface area contributed by atoms with Crippen molar-refractivity contribution in [2.75, 3.05) is 6.26 Å². The minimum absolute atomic E-state index is 0.194. The lowest BCUT2D eigenvalue weighted by molar-refractivity contribution is 1.23. The Morgan fingerprint density at radius 3 is 1.75 bits per heavy atom. The number of allylic oxidation sites excluding steroid dienone is 1. The van der Waals surface area contributed by atoms with Gasteiger partial charge in [0.05, 0.1) is 0 Å². The van der Waals surface area contributed by atoms with E-state index in [2.05, 4.69) is 35.9 Å². The first kappa shape index (κ1) is 11.3. The molecule has 0 amide bonds. The summed E-state index contributed by atoms with van der Waals surface area (Å²) in [5.74, 6) is 0. The van der Waals surface area contributed by atoms with E-state index in [1.54, 1.807) is 0 Å². The Bertz CT molecular complexity index is 94.2. The summed E-state index contributed by atoms with van der Waals surface area (Å²) in [6, 6.07) is 0. The highest BCUT2D eigenvalue weighted by atomic mass is 33.1. The molecule has 0 aliphatic carbocycles. The Morgan fingerprint density at radius 1 is 1.62 bits per heavy atom. The summed E-state index contributed by atoms with van der Waals surface area (Å²) in [6.07, 6.45) is 4.78. The van der Waals surface area contributed by atoms with Crippen molar-refractivity contribution < 1.29 is 0 Å². The first-order chi connectivity index (χ1) is 3.65. The van der Waals surface area contributed by atoms with Crippen molar-refractivity contribution in [1.29, 1.82) is 0 Å². The quantitative estimate of drug-likeness (QED) is 0.431. The van der Waals surface area contributed by atoms with Crippen LogP contribution in [0.1, 0.15) is 13.3 Å². The van der Waals surface area contributed by atoms with Gasteiger partial charge in [0.2, 0.25) is 0 Å². The standard InChI is InChI=1S/C4H8.CH3S3/c1-3-4-2;1-4(2)3/h3H,1,4H2,2H3;1H3/q;-1. The van der Waals surface area contributed by atoms with Crippen LogP contribution in [0.15, 0.2) is 12.7 Å². The molecule has 0 saturated carbocycles. The molecule has 50 valence electrons. The summed E-state index contributed by atoms with van der Waals surface area (Å²) >= 11 is 8.93. The van der Waals surface area contributed by atoms with Crippen molar-refractivity contribution in [1.82, 2.24) is 0 Å². The fourth-order valence-corrected chi connectivity index (χ4v) is 0. The van der Waals surface area contributed by atoms with Crippen molar-refractivity contribution in [3.63, 3.8) is 0 Å². The third kappa shape index (κ3) is 85.3. The molecular formula is C5H11S3-. The molecule has 0 N–H and O–H groups in total. The van der Waals surface area contributed by atoms with Crippen LogP contribution in [0.2, 0.25) is 0 Å². The van der Waals surface area contributed by atoms with Crippen molar-refractivity contribution in [3.05, 3.63) is 12.7 Å². The third-order valence-corrected chi connectivity index (χ3v) is 0.289. The van der Waals surface area contributed by atoms with Gasteiger partial charge in [0.15, 0.2) is 0 Å². The molecule has 0 unspecified atom stereocenters. The topological polar surface area (TPSA) is 0 Å². The average Bonchev–Trinajstić information content (AvgIpc) is 1.65. The summed E-state index contributed by atoms with van der Waals surface area (Å²) in [5, 5.41) is 0. The number of hydrogen-bond donors (Lipinski definition) is 0. The van der Waals surface area contributed by atoms with Gasteiger partial charge in [0, 0.05) is 0 Å². The van der Waals surface area contributed by atoms with Crippen LogP contribution >= 0.6 is 0 Å². The van der Waals surface area contributed by atoms with Crippen LogP contribution in [0.3, 0.4) is 0 Å². The summed E-state index contributed by atoms with van der Waals surface area (Å²) in [5.41, 5.74) is 0. The Balaban J connectivity index is 0. The second-order valence-corrected chi connectivity index (χ2v) is 5.53. The fourth-order valence-electron chi connectivity index (χ4n) is 0. The smallest absolute Gasteiger partial charge is 0.0382 e. The molecule has 0 aliphatic rings. The maximum absolute atomic E-state index is 4.46. The van der Waals surface area contributed by atoms with Gasteiger partial charge < -0.3 is 8.01 Å². The molecule has 0 rings (SSSR count). The number of hydrogen-bond acceptors (Lipinski definition) is 3. The highest BCUT2D eigenvalue weighted by molar-refractivity contribution is 8.46. The van der Waals surface area contributed by atoms with Gasteiger partial charge in [-0.2, -0.15) is 0 Å². The maximum Gasteiger partial charge on any atom is -0.0382 e. The first-order valence-corrected chi connectivity index (χ1v) is 5.75. The van der Waals surface area contributed by atoms with Crippen molar-refractivity contribution in [2.45, 2.75) is 13.3 Å². The first-order valence-electron chi connectivity index (χ1n) is 2.27. The Hall–Kier alpha value is 0.530. The molecule has 0 atom stereocenters. The van der Waals surface area contributed by atoms with Gasteiger partial charge in [0.25, 0.3) is 0 Å². The van der Waals surface area contributed by atoms with Crippen LogP contribution in [0, 0.1) is 0 Å². The SMILES string of the molecule is C=CCC.C[S-](=S)=S. The predicted molar refractivity (Wildman–Crippen MR) is 48.5 cm³/mol. The molecule has 0 aromatic heterocycles. The molecule has 0 nitrogen and oxygen atoms in total. The zero-order chi connectivity index (χ0) is 6.99. The molecule has 0 heterocycles. The lowest BCUT2D eigenvalue weighted by atomic mass is 10.5. The molecule has 0 saturated heterocycles. The highest BCUT2D eigenvalue weighted by Crippen LogP contribution is 1.66. The number of rotatable bonds is 1. The third-order valence-electron chi connectivity index (χ3n) is 0.289. The normalized spacial score (nSPS) is 7.38. The van der Waals surface area contributed by atoms with Crippen LogP contribution < -0.4 is 0 Å². The van der Waals surface area contributed by atoms with E-state index in [9.17, 15) is 0 Å². The van der Waals surface area contributed by atoms with Crippen LogP contribution in [0.5, 0.6) is 0 Å². The van der Waals surface area contributed by atoms with Gasteiger partial charge in [-0.1, -0.05) is 13.0 Å². The van der Waals surface area contributed by atoms with E-state index in [-0.39, 0.29) is 8.01 Å². The monoisotopic (exact) mass is 167 g/mol. The Labute approximate surface area is 62.8 Å². The van der Waals surface area contributed by atoms with Gasteiger partial charge in [-0.05, 0) is 6.42 Å². The van der Waals surface area contributed by atoms with Gasteiger partial charge >= 0.3 is 0 Å². The summed E-state index contributed by atoms with van der Waals surface area (Å²) in [6.45, 7) is 5.54. The molecule has 0 aliphatic heterocycles. The molecule has 0 bridgehead atoms. The van der Waals surface area contributed by atoms with E-state index in [0.29, 0.717) is 0 Å². The van der Waals surface area contributed by atoms with Gasteiger partial charge in [-0.3, -0.25) is 22.4 Å². The molecule has 8 heavy (non-hydrogen) atoms. The summed E-state index contributed by atoms with van der Waals surface area (Å²) in [7, 11) is -0.194. The van der Waals surface area contributed by atoms with Crippen LogP contribution in [0.25, 0.3) is 0 Å². The fraction of sp³-hybridized carbons (Fsp3) is 0.600. The molecule has 3 heteroatoms. The molecular weight excluding hydrogens is 156 g/mol. The molecule has 0 aromatic rings. The van der Waals surface area contributed by atoms with E-state index >= 15 is 0 Å². The minimum Gasteiger partial charge on any atom is -0.350 e. The highest BCUT2D eigenvalue weighted by Gasteiger charge is 1.45. The van der Waals surface area contributed by atoms with Crippen molar-refractivity contribution in [2.24, 2.45) is 0 Å². The van der Waals surface area contributed by atoms with Crippen LogP contribution in [-0.2, 0) is 30.4 Å². The van der Waals surface area contributed by atoms with Crippen molar-refractivity contribution >= 4 is 30.4 Å². The van der Waals surface area contributed by atoms with Crippen LogP contribution in [-0.4, -0.2) is 6.26 Å². The van der Waals surface area contributed by atoms with Crippen molar-refractivity contribution in [3.8, 4) is 0 Å². The lowest BCUT2D eigenvalue weighted by Crippen LogP contribution is -1.47. The minimum atomic E-state index is -0.194. The second kappa shape index (κ2) is 10.5. The van der Waals surface area contributed by atoms with Gasteiger partial charge in [0.1, 0.15) is 0 Å². The van der Waals surface area contributed by atoms with E-state index in [4.69, 9.17) is 0 Å². The zero-order valence-corrected chi connectivity index (χ0v) is 7.67. The summed E-state index contributed by atoms with van der Waals surface area (Å²) < 4.78 is 0. The predicted octanol–water partition coefficient (Wildman–Crippen LogP) is 1.74. The molecule has 0 fully saturated rings. The second-order valence-electron chi connectivity index (χ2n) is 1.10. The Kier molecular flexibility index (Phi) is 14.9. The average molecular weight is 167 g/mol. The summed E-state index contributed by atoms with van der Waals surface area (Å²) in [4.78, 5) is 0. The van der Waals surface area contributed by atoms with Gasteiger partial charge in [-0.15, -0.1) is 12.8 Å². The van der Waals surface area contributed by atoms with E-state index < -0.39 is 0 Å². The zero-order valence-electron chi connectivity index (χ0n) is 5.22. The largest absolute Gasteiger partial charge is 0.350 e. The van der Waals surface area contributed by atoms with E-state index in [1.165, 1.54) is 0 Å². The molecule has 0 radical (unpaired) electrons. The van der Waals surface area contributed by atoms with Crippen LogP contribution in [0.4, 0.5) is 0 Å². The van der Waals surface area contributed by atoms with Gasteiger partial charge in [-0.25, -0.2) is 0 Å². The molecule has 0 spiro atoms. The van der Waals surface area contributed by atoms with E-state index in [0.717, 1.165) is 6.42 Å². The Morgan fingerprint density at radius 2 is 1.75 bits per heavy atom. The molecule has 0 aromatic carbocycles. The maximum atomic E-state index is 4.46.